The molecule has 1 aliphatic carbocycles. The quantitative estimate of drug-likeness (QED) is 0.888. The van der Waals surface area contributed by atoms with Crippen molar-refractivity contribution in [3.05, 3.63) is 21.9 Å². The lowest BCUT2D eigenvalue weighted by molar-refractivity contribution is -0.149. The molecule has 0 aromatic carbocycles. The molecule has 0 radical (unpaired) electrons. The van der Waals surface area contributed by atoms with Crippen molar-refractivity contribution < 1.29 is 14.7 Å². The van der Waals surface area contributed by atoms with Gasteiger partial charge in [0.15, 0.2) is 0 Å². The average Bonchev–Trinajstić information content (AvgIpc) is 3.12. The minimum Gasteiger partial charge on any atom is -0.481 e. The standard InChI is InChI=1S/C17H24N2O3S/c1-11(8-14-6-5-12(2)23-14)18-16(22)19-9-13-4-3-7-17(13,10-19)15(20)21/h5-6,11,13H,3-4,7-10H2,1-2H3,(H,18,22)(H,20,21)/t11?,13-,17+/m0/s1. The first-order valence-corrected chi connectivity index (χ1v) is 9.06. The number of carbonyl (C=O) groups is 2. The molecule has 126 valence electrons. The third kappa shape index (κ3) is 3.09. The first-order chi connectivity index (χ1) is 10.9. The predicted molar refractivity (Wildman–Crippen MR) is 89.7 cm³/mol. The zero-order valence-corrected chi connectivity index (χ0v) is 14.5. The second kappa shape index (κ2) is 6.15. The molecule has 0 bridgehead atoms. The van der Waals surface area contributed by atoms with Crippen LogP contribution < -0.4 is 5.32 Å². The van der Waals surface area contributed by atoms with E-state index in [1.54, 1.807) is 16.2 Å². The zero-order chi connectivity index (χ0) is 16.6. The third-order valence-electron chi connectivity index (χ3n) is 5.26. The number of hydrogen-bond acceptors (Lipinski definition) is 3. The highest BCUT2D eigenvalue weighted by atomic mass is 32.1. The summed E-state index contributed by atoms with van der Waals surface area (Å²) in [4.78, 5) is 28.4. The van der Waals surface area contributed by atoms with Crippen molar-refractivity contribution in [1.82, 2.24) is 10.2 Å². The normalized spacial score (nSPS) is 27.7. The Morgan fingerprint density at radius 2 is 2.30 bits per heavy atom. The summed E-state index contributed by atoms with van der Waals surface area (Å²) in [6.07, 6.45) is 3.38. The lowest BCUT2D eigenvalue weighted by atomic mass is 9.81. The smallest absolute Gasteiger partial charge is 0.317 e. The third-order valence-corrected chi connectivity index (χ3v) is 6.28. The monoisotopic (exact) mass is 336 g/mol. The molecule has 2 N–H and O–H groups in total. The number of rotatable bonds is 4. The molecule has 0 spiro atoms. The SMILES string of the molecule is Cc1ccc(CC(C)NC(=O)N2C[C@@H]3CCC[C@@]3(C(=O)O)C2)s1. The summed E-state index contributed by atoms with van der Waals surface area (Å²) in [6.45, 7) is 5.00. The fourth-order valence-electron chi connectivity index (χ4n) is 4.04. The van der Waals surface area contributed by atoms with Crippen LogP contribution in [0.1, 0.15) is 35.9 Å². The molecule has 5 nitrogen and oxygen atoms in total. The van der Waals surface area contributed by atoms with Crippen LogP contribution in [-0.2, 0) is 11.2 Å². The maximum absolute atomic E-state index is 12.5. The first kappa shape index (κ1) is 16.3. The lowest BCUT2D eigenvalue weighted by Gasteiger charge is -2.24. The molecule has 2 heterocycles. The first-order valence-electron chi connectivity index (χ1n) is 8.25. The van der Waals surface area contributed by atoms with Gasteiger partial charge in [0.2, 0.25) is 0 Å². The van der Waals surface area contributed by atoms with E-state index in [0.717, 1.165) is 19.3 Å². The van der Waals surface area contributed by atoms with Crippen molar-refractivity contribution in [2.45, 2.75) is 45.6 Å². The molecule has 1 aliphatic heterocycles. The lowest BCUT2D eigenvalue weighted by Crippen LogP contribution is -2.45. The van der Waals surface area contributed by atoms with E-state index in [-0.39, 0.29) is 18.0 Å². The van der Waals surface area contributed by atoms with Crippen LogP contribution in [0.2, 0.25) is 0 Å². The molecule has 6 heteroatoms. The van der Waals surface area contributed by atoms with Crippen LogP contribution in [0.4, 0.5) is 4.79 Å². The number of carboxylic acids is 1. The van der Waals surface area contributed by atoms with Crippen LogP contribution in [0.15, 0.2) is 12.1 Å². The summed E-state index contributed by atoms with van der Waals surface area (Å²) >= 11 is 1.75. The van der Waals surface area contributed by atoms with Crippen molar-refractivity contribution in [3.8, 4) is 0 Å². The Morgan fingerprint density at radius 1 is 1.52 bits per heavy atom. The van der Waals surface area contributed by atoms with Crippen molar-refractivity contribution in [2.24, 2.45) is 11.3 Å². The number of nitrogens with one attached hydrogen (secondary N) is 1. The molecule has 2 fully saturated rings. The van der Waals surface area contributed by atoms with E-state index in [9.17, 15) is 14.7 Å². The number of nitrogens with zero attached hydrogens (tertiary/aromatic N) is 1. The topological polar surface area (TPSA) is 69.6 Å². The number of carbonyl (C=O) groups excluding carboxylic acids is 1. The number of urea groups is 1. The molecule has 1 aromatic rings. The number of aryl methyl sites for hydroxylation is 1. The Hall–Kier alpha value is -1.56. The number of fused-ring (bicyclic) bond motifs is 1. The highest BCUT2D eigenvalue weighted by molar-refractivity contribution is 7.11. The summed E-state index contributed by atoms with van der Waals surface area (Å²) in [5.41, 5.74) is -0.703. The number of carboxylic acid groups (broad SMARTS) is 1. The van der Waals surface area contributed by atoms with Gasteiger partial charge < -0.3 is 15.3 Å². The molecule has 2 amide bonds. The van der Waals surface area contributed by atoms with E-state index in [4.69, 9.17) is 0 Å². The maximum Gasteiger partial charge on any atom is 0.317 e. The fourth-order valence-corrected chi connectivity index (χ4v) is 5.06. The highest BCUT2D eigenvalue weighted by Gasteiger charge is 2.55. The number of likely N-dealkylation sites (tertiary alicyclic amines) is 1. The Bertz CT molecular complexity index is 615. The van der Waals surface area contributed by atoms with Gasteiger partial charge >= 0.3 is 12.0 Å². The summed E-state index contributed by atoms with van der Waals surface area (Å²) in [5.74, 6) is -0.626. The molecule has 3 atom stereocenters. The Balaban J connectivity index is 1.58. The van der Waals surface area contributed by atoms with Gasteiger partial charge in [-0.05, 0) is 44.7 Å². The van der Waals surface area contributed by atoms with Gasteiger partial charge in [-0.3, -0.25) is 4.79 Å². The van der Waals surface area contributed by atoms with Gasteiger partial charge in [-0.1, -0.05) is 6.42 Å². The van der Waals surface area contributed by atoms with Gasteiger partial charge in [0, 0.05) is 35.3 Å². The number of aliphatic carboxylic acids is 1. The Kier molecular flexibility index (Phi) is 4.36. The number of hydrogen-bond donors (Lipinski definition) is 2. The van der Waals surface area contributed by atoms with Crippen LogP contribution in [0, 0.1) is 18.3 Å². The van der Waals surface area contributed by atoms with E-state index in [1.165, 1.54) is 9.75 Å². The van der Waals surface area contributed by atoms with E-state index in [2.05, 4.69) is 24.4 Å². The molecular formula is C17H24N2O3S. The van der Waals surface area contributed by atoms with Gasteiger partial charge in [-0.2, -0.15) is 0 Å². The summed E-state index contributed by atoms with van der Waals surface area (Å²) in [5, 5.41) is 12.6. The van der Waals surface area contributed by atoms with Crippen LogP contribution in [0.5, 0.6) is 0 Å². The molecule has 2 aliphatic rings. The largest absolute Gasteiger partial charge is 0.481 e. The molecular weight excluding hydrogens is 312 g/mol. The Labute approximate surface area is 140 Å². The van der Waals surface area contributed by atoms with E-state index < -0.39 is 11.4 Å². The molecule has 23 heavy (non-hydrogen) atoms. The number of thiophene rings is 1. The van der Waals surface area contributed by atoms with E-state index >= 15 is 0 Å². The summed E-state index contributed by atoms with van der Waals surface area (Å²) < 4.78 is 0. The van der Waals surface area contributed by atoms with Gasteiger partial charge in [0.25, 0.3) is 0 Å². The van der Waals surface area contributed by atoms with Crippen LogP contribution >= 0.6 is 11.3 Å². The van der Waals surface area contributed by atoms with Gasteiger partial charge in [0.05, 0.1) is 5.41 Å². The second-order valence-corrected chi connectivity index (χ2v) is 8.37. The van der Waals surface area contributed by atoms with Gasteiger partial charge in [-0.15, -0.1) is 11.3 Å². The van der Waals surface area contributed by atoms with Crippen molar-refractivity contribution in [2.75, 3.05) is 13.1 Å². The molecule has 1 saturated carbocycles. The van der Waals surface area contributed by atoms with Crippen molar-refractivity contribution >= 4 is 23.3 Å². The minimum atomic E-state index is -0.739. The average molecular weight is 336 g/mol. The predicted octanol–water partition coefficient (Wildman–Crippen LogP) is 2.88. The van der Waals surface area contributed by atoms with Gasteiger partial charge in [-0.25, -0.2) is 4.79 Å². The van der Waals surface area contributed by atoms with Crippen LogP contribution in [0.3, 0.4) is 0 Å². The number of amides is 2. The van der Waals surface area contributed by atoms with Gasteiger partial charge in [0.1, 0.15) is 0 Å². The van der Waals surface area contributed by atoms with E-state index in [1.807, 2.05) is 6.92 Å². The maximum atomic E-state index is 12.5. The summed E-state index contributed by atoms with van der Waals surface area (Å²) in [7, 11) is 0. The summed E-state index contributed by atoms with van der Waals surface area (Å²) in [6, 6.07) is 4.11. The molecule has 3 rings (SSSR count). The Morgan fingerprint density at radius 3 is 2.91 bits per heavy atom. The van der Waals surface area contributed by atoms with Crippen LogP contribution in [-0.4, -0.2) is 41.1 Å². The van der Waals surface area contributed by atoms with Crippen molar-refractivity contribution in [3.63, 3.8) is 0 Å². The molecule has 1 saturated heterocycles. The zero-order valence-electron chi connectivity index (χ0n) is 13.7. The van der Waals surface area contributed by atoms with Crippen LogP contribution in [0.25, 0.3) is 0 Å². The second-order valence-electron chi connectivity index (χ2n) is 7.00. The fraction of sp³-hybridized carbons (Fsp3) is 0.647. The van der Waals surface area contributed by atoms with E-state index in [0.29, 0.717) is 19.5 Å². The molecule has 1 unspecified atom stereocenters. The highest BCUT2D eigenvalue weighted by Crippen LogP contribution is 2.48. The minimum absolute atomic E-state index is 0.0433. The van der Waals surface area contributed by atoms with Crippen molar-refractivity contribution in [1.29, 1.82) is 0 Å². The molecule has 1 aromatic heterocycles.